The number of fused-ring (bicyclic) bond motifs is 3. The highest BCUT2D eigenvalue weighted by Crippen LogP contribution is 2.50. The number of nitrogens with zero attached hydrogens (tertiary/aromatic N) is 1. The van der Waals surface area contributed by atoms with Gasteiger partial charge in [0.2, 0.25) is 0 Å². The smallest absolute Gasteiger partial charge is 0.288 e. The summed E-state index contributed by atoms with van der Waals surface area (Å²) in [4.78, 5) is 10.8. The molecule has 0 aromatic heterocycles. The maximum atomic E-state index is 11.2. The number of allylic oxidation sites excluding steroid dienone is 2. The van der Waals surface area contributed by atoms with Crippen LogP contribution in [0.5, 0.6) is 0 Å². The van der Waals surface area contributed by atoms with Crippen LogP contribution in [-0.2, 0) is 0 Å². The number of rotatable bonds is 2. The van der Waals surface area contributed by atoms with Crippen molar-refractivity contribution in [2.45, 2.75) is 18.4 Å². The molecule has 24 heavy (non-hydrogen) atoms. The average molecular weight is 406 g/mol. The van der Waals surface area contributed by atoms with Crippen molar-refractivity contribution in [2.75, 3.05) is 5.32 Å². The quantitative estimate of drug-likeness (QED) is 0.388. The van der Waals surface area contributed by atoms with Crippen LogP contribution < -0.4 is 5.32 Å². The Labute approximate surface area is 152 Å². The van der Waals surface area contributed by atoms with Gasteiger partial charge in [-0.05, 0) is 47.7 Å². The van der Waals surface area contributed by atoms with Crippen molar-refractivity contribution in [3.05, 3.63) is 79.3 Å². The summed E-state index contributed by atoms with van der Waals surface area (Å²) in [5.41, 5.74) is 3.20. The highest BCUT2D eigenvalue weighted by Gasteiger charge is 2.38. The zero-order valence-electron chi connectivity index (χ0n) is 12.6. The number of hydrogen-bond donors (Lipinski definition) is 1. The van der Waals surface area contributed by atoms with E-state index in [0.29, 0.717) is 11.8 Å². The van der Waals surface area contributed by atoms with Gasteiger partial charge in [0.1, 0.15) is 5.02 Å². The lowest BCUT2D eigenvalue weighted by Gasteiger charge is -2.37. The zero-order chi connectivity index (χ0) is 16.8. The summed E-state index contributed by atoms with van der Waals surface area (Å²) in [5, 5.41) is 14.9. The van der Waals surface area contributed by atoms with Crippen molar-refractivity contribution < 1.29 is 4.92 Å². The summed E-state index contributed by atoms with van der Waals surface area (Å²) in [6.45, 7) is 0. The van der Waals surface area contributed by atoms with Crippen molar-refractivity contribution in [3.8, 4) is 0 Å². The van der Waals surface area contributed by atoms with Crippen LogP contribution in [0.1, 0.15) is 29.5 Å². The topological polar surface area (TPSA) is 55.2 Å². The number of hydrogen-bond acceptors (Lipinski definition) is 3. The first-order chi connectivity index (χ1) is 11.5. The lowest BCUT2D eigenvalue weighted by Crippen LogP contribution is -2.29. The van der Waals surface area contributed by atoms with Gasteiger partial charge in [0.25, 0.3) is 5.69 Å². The van der Waals surface area contributed by atoms with E-state index in [0.717, 1.165) is 22.1 Å². The molecule has 0 radical (unpaired) electrons. The second-order valence-corrected chi connectivity index (χ2v) is 7.50. The number of nitrogens with one attached hydrogen (secondary N) is 1. The minimum atomic E-state index is -0.426. The first-order valence-corrected chi connectivity index (χ1v) is 8.88. The number of nitro benzene ring substituents is 1. The molecule has 1 heterocycles. The molecule has 4 nitrogen and oxygen atoms in total. The molecule has 0 saturated carbocycles. The van der Waals surface area contributed by atoms with Gasteiger partial charge in [0, 0.05) is 22.1 Å². The third kappa shape index (κ3) is 2.52. The monoisotopic (exact) mass is 404 g/mol. The van der Waals surface area contributed by atoms with E-state index in [1.165, 1.54) is 5.56 Å². The third-order valence-electron chi connectivity index (χ3n) is 4.85. The lowest BCUT2D eigenvalue weighted by atomic mass is 9.77. The number of anilines is 1. The van der Waals surface area contributed by atoms with Crippen molar-refractivity contribution >= 4 is 38.9 Å². The van der Waals surface area contributed by atoms with Gasteiger partial charge in [0.15, 0.2) is 0 Å². The summed E-state index contributed by atoms with van der Waals surface area (Å²) in [5.74, 6) is 0.658. The number of nitro groups is 1. The van der Waals surface area contributed by atoms with Gasteiger partial charge in [-0.3, -0.25) is 10.1 Å². The van der Waals surface area contributed by atoms with Gasteiger partial charge >= 0.3 is 0 Å². The van der Waals surface area contributed by atoms with Crippen molar-refractivity contribution in [3.63, 3.8) is 0 Å². The first-order valence-electron chi connectivity index (χ1n) is 7.71. The molecule has 0 saturated heterocycles. The number of halogens is 2. The van der Waals surface area contributed by atoms with Gasteiger partial charge < -0.3 is 5.32 Å². The van der Waals surface area contributed by atoms with Crippen LogP contribution in [0.3, 0.4) is 0 Å². The average Bonchev–Trinajstić information content (AvgIpc) is 3.04. The van der Waals surface area contributed by atoms with Crippen LogP contribution in [0.2, 0.25) is 5.02 Å². The second kappa shape index (κ2) is 5.90. The molecule has 2 aromatic rings. The minimum absolute atomic E-state index is 0.0228. The van der Waals surface area contributed by atoms with E-state index < -0.39 is 4.92 Å². The Morgan fingerprint density at radius 2 is 2.08 bits per heavy atom. The van der Waals surface area contributed by atoms with Gasteiger partial charge in [-0.15, -0.1) is 0 Å². The van der Waals surface area contributed by atoms with Crippen molar-refractivity contribution in [2.24, 2.45) is 5.92 Å². The molecule has 0 fully saturated rings. The van der Waals surface area contributed by atoms with E-state index in [9.17, 15) is 10.1 Å². The van der Waals surface area contributed by atoms with Crippen LogP contribution in [0.4, 0.5) is 11.4 Å². The van der Waals surface area contributed by atoms with Crippen molar-refractivity contribution in [1.82, 2.24) is 0 Å². The molecule has 1 N–H and O–H groups in total. The molecule has 3 atom stereocenters. The largest absolute Gasteiger partial charge is 0.378 e. The molecular weight excluding hydrogens is 392 g/mol. The summed E-state index contributed by atoms with van der Waals surface area (Å²) >= 11 is 9.50. The summed E-state index contributed by atoms with van der Waals surface area (Å²) < 4.78 is 1.06. The molecule has 2 aromatic carbocycles. The molecular formula is C18H14BrClN2O2. The lowest BCUT2D eigenvalue weighted by molar-refractivity contribution is -0.384. The van der Waals surface area contributed by atoms with E-state index >= 15 is 0 Å². The van der Waals surface area contributed by atoms with Crippen LogP contribution >= 0.6 is 27.5 Å². The molecule has 122 valence electrons. The predicted octanol–water partition coefficient (Wildman–Crippen LogP) is 5.84. The second-order valence-electron chi connectivity index (χ2n) is 6.18. The van der Waals surface area contributed by atoms with Crippen LogP contribution in [0, 0.1) is 16.0 Å². The van der Waals surface area contributed by atoms with Crippen molar-refractivity contribution in [1.29, 1.82) is 0 Å². The molecule has 6 heteroatoms. The maximum absolute atomic E-state index is 11.2. The Morgan fingerprint density at radius 1 is 1.25 bits per heavy atom. The van der Waals surface area contributed by atoms with Gasteiger partial charge in [-0.2, -0.15) is 0 Å². The summed E-state index contributed by atoms with van der Waals surface area (Å²) in [7, 11) is 0. The Bertz CT molecular complexity index is 868. The van der Waals surface area contributed by atoms with Crippen LogP contribution in [0.25, 0.3) is 0 Å². The molecule has 2 aliphatic rings. The fourth-order valence-corrected chi connectivity index (χ4v) is 4.32. The Kier molecular flexibility index (Phi) is 3.85. The molecule has 0 unspecified atom stereocenters. The molecule has 1 aliphatic heterocycles. The minimum Gasteiger partial charge on any atom is -0.378 e. The Balaban J connectivity index is 1.79. The van der Waals surface area contributed by atoms with Gasteiger partial charge in [-0.1, -0.05) is 45.7 Å². The SMILES string of the molecule is O=[N+]([O-])c1cc([C@@H]2Nc3ccc(Br)cc3[C@H]3C=CC[C@@H]32)ccc1Cl. The zero-order valence-corrected chi connectivity index (χ0v) is 14.9. The fourth-order valence-electron chi connectivity index (χ4n) is 3.76. The Morgan fingerprint density at radius 3 is 2.88 bits per heavy atom. The van der Waals surface area contributed by atoms with Crippen LogP contribution in [0.15, 0.2) is 53.0 Å². The molecule has 0 spiro atoms. The molecule has 0 amide bonds. The fraction of sp³-hybridized carbons (Fsp3) is 0.222. The molecule has 4 rings (SSSR count). The maximum Gasteiger partial charge on any atom is 0.288 e. The molecule has 1 aliphatic carbocycles. The predicted molar refractivity (Wildman–Crippen MR) is 98.6 cm³/mol. The first kappa shape index (κ1) is 15.7. The summed E-state index contributed by atoms with van der Waals surface area (Å²) in [6, 6.07) is 11.3. The van der Waals surface area contributed by atoms with Crippen LogP contribution in [-0.4, -0.2) is 4.92 Å². The van der Waals surface area contributed by atoms with E-state index in [2.05, 4.69) is 45.5 Å². The van der Waals surface area contributed by atoms with E-state index in [-0.39, 0.29) is 16.8 Å². The Hall–Kier alpha value is -1.85. The standard InChI is InChI=1S/C18H14BrClN2O2/c19-11-5-7-16-14(9-11)12-2-1-3-13(12)18(21-16)10-4-6-15(20)17(8-10)22(23)24/h1-2,4-9,12-13,18,21H,3H2/t12-,13-,18-/m0/s1. The molecule has 0 bridgehead atoms. The van der Waals surface area contributed by atoms with E-state index in [1.54, 1.807) is 12.1 Å². The van der Waals surface area contributed by atoms with E-state index in [1.807, 2.05) is 12.1 Å². The highest BCUT2D eigenvalue weighted by molar-refractivity contribution is 9.10. The highest BCUT2D eigenvalue weighted by atomic mass is 79.9. The normalized spacial score (nSPS) is 24.2. The van der Waals surface area contributed by atoms with Gasteiger partial charge in [-0.25, -0.2) is 0 Å². The third-order valence-corrected chi connectivity index (χ3v) is 5.66. The van der Waals surface area contributed by atoms with E-state index in [4.69, 9.17) is 11.6 Å². The van der Waals surface area contributed by atoms with Gasteiger partial charge in [0.05, 0.1) is 11.0 Å². The number of benzene rings is 2. The summed E-state index contributed by atoms with van der Waals surface area (Å²) in [6.07, 6.45) is 5.39.